The van der Waals surface area contributed by atoms with E-state index in [0.717, 1.165) is 34.0 Å². The van der Waals surface area contributed by atoms with Crippen LogP contribution in [0, 0.1) is 5.92 Å². The van der Waals surface area contributed by atoms with Crippen molar-refractivity contribution in [1.29, 1.82) is 0 Å². The Morgan fingerprint density at radius 1 is 1.21 bits per heavy atom. The molecule has 1 saturated heterocycles. The van der Waals surface area contributed by atoms with Gasteiger partial charge in [0, 0.05) is 36.8 Å². The van der Waals surface area contributed by atoms with Gasteiger partial charge in [-0.05, 0) is 36.1 Å². The van der Waals surface area contributed by atoms with Crippen molar-refractivity contribution in [2.45, 2.75) is 12.8 Å². The lowest BCUT2D eigenvalue weighted by molar-refractivity contribution is -0.121. The highest BCUT2D eigenvalue weighted by atomic mass is 16.4. The van der Waals surface area contributed by atoms with Crippen LogP contribution in [0.2, 0.25) is 0 Å². The predicted molar refractivity (Wildman–Crippen MR) is 103 cm³/mol. The van der Waals surface area contributed by atoms with Crippen molar-refractivity contribution < 1.29 is 14.7 Å². The van der Waals surface area contributed by atoms with Crippen LogP contribution in [0.1, 0.15) is 12.0 Å². The van der Waals surface area contributed by atoms with E-state index in [1.165, 1.54) is 4.90 Å². The average molecular weight is 377 g/mol. The van der Waals surface area contributed by atoms with E-state index >= 15 is 0 Å². The highest BCUT2D eigenvalue weighted by molar-refractivity contribution is 5.98. The molecular weight excluding hydrogens is 358 g/mol. The summed E-state index contributed by atoms with van der Waals surface area (Å²) in [6.07, 6.45) is 3.95. The molecule has 4 heterocycles. The van der Waals surface area contributed by atoms with Crippen LogP contribution >= 0.6 is 0 Å². The summed E-state index contributed by atoms with van der Waals surface area (Å²) in [5, 5.41) is 17.2. The number of fused-ring (bicyclic) bond motifs is 2. The van der Waals surface area contributed by atoms with Gasteiger partial charge in [-0.1, -0.05) is 12.1 Å². The van der Waals surface area contributed by atoms with Crippen LogP contribution in [-0.4, -0.2) is 56.8 Å². The number of carbonyl (C=O) groups is 2. The number of carboxylic acid groups (broad SMARTS) is 1. The number of nitrogens with one attached hydrogen (secondary N) is 1. The SMILES string of the molecule is O=C(O)N1CCC(C(=O)N2CCc3cc(-c4cccc5[nH]ncc45)cnc32)C1. The van der Waals surface area contributed by atoms with E-state index in [0.29, 0.717) is 25.3 Å². The maximum atomic E-state index is 12.9. The molecule has 0 radical (unpaired) electrons. The van der Waals surface area contributed by atoms with Crippen molar-refractivity contribution >= 4 is 28.7 Å². The first-order chi connectivity index (χ1) is 13.6. The van der Waals surface area contributed by atoms with Crippen LogP contribution < -0.4 is 4.90 Å². The normalized spacial score (nSPS) is 18.6. The van der Waals surface area contributed by atoms with Crippen LogP contribution in [0.15, 0.2) is 36.7 Å². The first-order valence-corrected chi connectivity index (χ1v) is 9.32. The Kier molecular flexibility index (Phi) is 3.78. The Balaban J connectivity index is 1.42. The lowest BCUT2D eigenvalue weighted by atomic mass is 10.0. The number of aromatic nitrogens is 3. The Hall–Kier alpha value is -3.42. The summed E-state index contributed by atoms with van der Waals surface area (Å²) in [5.74, 6) is 0.379. The van der Waals surface area contributed by atoms with E-state index in [1.807, 2.05) is 24.4 Å². The van der Waals surface area contributed by atoms with Gasteiger partial charge in [0.15, 0.2) is 0 Å². The fourth-order valence-electron chi connectivity index (χ4n) is 4.21. The molecule has 1 atom stereocenters. The third-order valence-electron chi connectivity index (χ3n) is 5.67. The van der Waals surface area contributed by atoms with Gasteiger partial charge in [0.25, 0.3) is 0 Å². The standard InChI is InChI=1S/C20H19N5O3/c26-19(13-4-6-24(11-13)20(27)28)25-7-5-12-8-14(9-21-18(12)25)15-2-1-3-17-16(15)10-22-23-17/h1-3,8-10,13H,4-7,11H2,(H,22,23)(H,27,28). The quantitative estimate of drug-likeness (QED) is 0.714. The van der Waals surface area contributed by atoms with E-state index in [-0.39, 0.29) is 18.4 Å². The van der Waals surface area contributed by atoms with E-state index in [4.69, 9.17) is 5.11 Å². The molecular formula is C20H19N5O3. The van der Waals surface area contributed by atoms with Crippen LogP contribution in [-0.2, 0) is 11.2 Å². The molecule has 0 spiro atoms. The molecule has 28 heavy (non-hydrogen) atoms. The number of carbonyl (C=O) groups excluding carboxylic acids is 1. The fraction of sp³-hybridized carbons (Fsp3) is 0.300. The van der Waals surface area contributed by atoms with Gasteiger partial charge in [0.1, 0.15) is 5.82 Å². The first-order valence-electron chi connectivity index (χ1n) is 9.32. The maximum Gasteiger partial charge on any atom is 0.407 e. The summed E-state index contributed by atoms with van der Waals surface area (Å²) in [7, 11) is 0. The number of hydrogen-bond acceptors (Lipinski definition) is 4. The summed E-state index contributed by atoms with van der Waals surface area (Å²) < 4.78 is 0. The molecule has 2 amide bonds. The summed E-state index contributed by atoms with van der Waals surface area (Å²) in [6, 6.07) is 8.09. The molecule has 0 saturated carbocycles. The van der Waals surface area contributed by atoms with Gasteiger partial charge in [-0.3, -0.25) is 14.8 Å². The first kappa shape index (κ1) is 16.7. The number of H-pyrrole nitrogens is 1. The van der Waals surface area contributed by atoms with Gasteiger partial charge < -0.3 is 10.0 Å². The molecule has 142 valence electrons. The molecule has 2 aromatic heterocycles. The van der Waals surface area contributed by atoms with Gasteiger partial charge in [-0.2, -0.15) is 5.10 Å². The molecule has 2 N–H and O–H groups in total. The molecule has 2 aliphatic rings. The average Bonchev–Trinajstić information content (AvgIpc) is 3.45. The second-order valence-electron chi connectivity index (χ2n) is 7.30. The lowest BCUT2D eigenvalue weighted by Gasteiger charge is -2.20. The Bertz CT molecular complexity index is 1090. The number of aromatic amines is 1. The Morgan fingerprint density at radius 3 is 2.93 bits per heavy atom. The van der Waals surface area contributed by atoms with Gasteiger partial charge in [-0.15, -0.1) is 0 Å². The van der Waals surface area contributed by atoms with Crippen LogP contribution in [0.3, 0.4) is 0 Å². The Morgan fingerprint density at radius 2 is 2.11 bits per heavy atom. The lowest BCUT2D eigenvalue weighted by Crippen LogP contribution is -2.37. The van der Waals surface area contributed by atoms with Crippen molar-refractivity contribution in [1.82, 2.24) is 20.1 Å². The molecule has 8 heteroatoms. The number of hydrogen-bond donors (Lipinski definition) is 2. The van der Waals surface area contributed by atoms with E-state index < -0.39 is 6.09 Å². The van der Waals surface area contributed by atoms with Gasteiger partial charge in [-0.25, -0.2) is 9.78 Å². The number of nitrogens with zero attached hydrogens (tertiary/aromatic N) is 4. The molecule has 5 rings (SSSR count). The zero-order valence-electron chi connectivity index (χ0n) is 15.1. The van der Waals surface area contributed by atoms with Gasteiger partial charge >= 0.3 is 6.09 Å². The van der Waals surface area contributed by atoms with Crippen molar-refractivity contribution in [2.24, 2.45) is 5.92 Å². The predicted octanol–water partition coefficient (Wildman–Crippen LogP) is 2.51. The second kappa shape index (κ2) is 6.33. The molecule has 1 unspecified atom stereocenters. The summed E-state index contributed by atoms with van der Waals surface area (Å²) in [5.41, 5.74) is 4.07. The number of rotatable bonds is 2. The zero-order valence-corrected chi connectivity index (χ0v) is 15.1. The minimum Gasteiger partial charge on any atom is -0.465 e. The number of pyridine rings is 1. The molecule has 0 bridgehead atoms. The molecule has 2 aliphatic heterocycles. The van der Waals surface area contributed by atoms with E-state index in [9.17, 15) is 9.59 Å². The topological polar surface area (TPSA) is 102 Å². The highest BCUT2D eigenvalue weighted by Crippen LogP contribution is 2.34. The van der Waals surface area contributed by atoms with Crippen molar-refractivity contribution in [2.75, 3.05) is 24.5 Å². The third kappa shape index (κ3) is 2.60. The molecule has 8 nitrogen and oxygen atoms in total. The molecule has 1 aromatic carbocycles. The van der Waals surface area contributed by atoms with E-state index in [1.54, 1.807) is 11.1 Å². The Labute approximate surface area is 160 Å². The van der Waals surface area contributed by atoms with Crippen molar-refractivity contribution in [3.8, 4) is 11.1 Å². The zero-order chi connectivity index (χ0) is 19.3. The number of benzene rings is 1. The molecule has 0 aliphatic carbocycles. The number of likely N-dealkylation sites (tertiary alicyclic amines) is 1. The van der Waals surface area contributed by atoms with Crippen LogP contribution in [0.4, 0.5) is 10.6 Å². The number of anilines is 1. The van der Waals surface area contributed by atoms with Crippen molar-refractivity contribution in [3.63, 3.8) is 0 Å². The smallest absolute Gasteiger partial charge is 0.407 e. The van der Waals surface area contributed by atoms with Crippen LogP contribution in [0.5, 0.6) is 0 Å². The number of amides is 2. The second-order valence-corrected chi connectivity index (χ2v) is 7.30. The largest absolute Gasteiger partial charge is 0.465 e. The fourth-order valence-corrected chi connectivity index (χ4v) is 4.21. The minimum atomic E-state index is -0.965. The van der Waals surface area contributed by atoms with E-state index in [2.05, 4.69) is 21.2 Å². The maximum absolute atomic E-state index is 12.9. The highest BCUT2D eigenvalue weighted by Gasteiger charge is 2.36. The van der Waals surface area contributed by atoms with Gasteiger partial charge in [0.2, 0.25) is 5.91 Å². The van der Waals surface area contributed by atoms with Crippen LogP contribution in [0.25, 0.3) is 22.0 Å². The van der Waals surface area contributed by atoms with Gasteiger partial charge in [0.05, 0.1) is 17.6 Å². The monoisotopic (exact) mass is 377 g/mol. The third-order valence-corrected chi connectivity index (χ3v) is 5.67. The summed E-state index contributed by atoms with van der Waals surface area (Å²) >= 11 is 0. The minimum absolute atomic E-state index is 0.0281. The summed E-state index contributed by atoms with van der Waals surface area (Å²) in [6.45, 7) is 1.26. The molecule has 3 aromatic rings. The van der Waals surface area contributed by atoms with Crippen molar-refractivity contribution in [3.05, 3.63) is 42.2 Å². The summed E-state index contributed by atoms with van der Waals surface area (Å²) in [4.78, 5) is 31.7. The molecule has 1 fully saturated rings.